The van der Waals surface area contributed by atoms with Crippen LogP contribution in [0.2, 0.25) is 0 Å². The van der Waals surface area contributed by atoms with Crippen molar-refractivity contribution in [3.63, 3.8) is 0 Å². The zero-order chi connectivity index (χ0) is 49.1. The lowest BCUT2D eigenvalue weighted by Crippen LogP contribution is -2.27. The van der Waals surface area contributed by atoms with Crippen LogP contribution in [0.4, 0.5) is 0 Å². The Hall–Kier alpha value is -4.16. The van der Waals surface area contributed by atoms with Crippen LogP contribution >= 0.6 is 0 Å². The normalized spacial score (nSPS) is 14.1. The Morgan fingerprint density at radius 2 is 0.714 bits per heavy atom. The standard InChI is InChI=1S/C70H94/c1-9-13-17-21-25-33-45-69(46-34-26-22-18-14-10-2)62-49-51(5)41-42-60(62)66-59-40-32-31-39-58(59)64(54(8)68(66)69)56-43-44-61-65-57-38-30-29-37-55(57)52(6)50-63(65)70(67(61)53(56)7,47-35-27-23-19-15-11-3)48-36-28-24-20-16-12-4/h29-32,37-44,49-50H,9-28,33-36,45-48H2,1-8H3. The molecule has 8 rings (SSSR count). The Morgan fingerprint density at radius 3 is 1.21 bits per heavy atom. The second kappa shape index (κ2) is 24.5. The summed E-state index contributed by atoms with van der Waals surface area (Å²) in [6.45, 7) is 19.3. The van der Waals surface area contributed by atoms with Gasteiger partial charge in [0.05, 0.1) is 0 Å². The first-order chi connectivity index (χ1) is 34.3. The molecule has 0 unspecified atom stereocenters. The lowest BCUT2D eigenvalue weighted by Gasteiger charge is -2.36. The van der Waals surface area contributed by atoms with E-state index in [-0.39, 0.29) is 10.8 Å². The molecule has 2 aliphatic carbocycles. The molecule has 6 aromatic rings. The summed E-state index contributed by atoms with van der Waals surface area (Å²) in [5, 5.41) is 5.79. The minimum Gasteiger partial charge on any atom is -0.0654 e. The van der Waals surface area contributed by atoms with Crippen molar-refractivity contribution < 1.29 is 0 Å². The molecule has 0 saturated heterocycles. The van der Waals surface area contributed by atoms with Crippen molar-refractivity contribution in [2.45, 2.75) is 246 Å². The smallest absolute Gasteiger partial charge is 0.0218 e. The van der Waals surface area contributed by atoms with E-state index in [1.807, 2.05) is 0 Å². The maximum absolute atomic E-state index is 2.68. The highest BCUT2D eigenvalue weighted by molar-refractivity contribution is 6.12. The Labute approximate surface area is 428 Å². The van der Waals surface area contributed by atoms with Gasteiger partial charge in [0, 0.05) is 10.8 Å². The molecular formula is C70H94. The minimum atomic E-state index is 0.00255. The van der Waals surface area contributed by atoms with Crippen LogP contribution < -0.4 is 0 Å². The SMILES string of the molecule is CCCCCCCCC1(CCCCCCCC)c2cc(C)c3ccccc3c2-c2ccc(-c3c(C)c4c(c5ccccc35)-c3ccc(C)cc3C4(CCCCCCCC)CCCCCCCC)c(C)c21. The maximum Gasteiger partial charge on any atom is 0.0218 e. The molecule has 374 valence electrons. The van der Waals surface area contributed by atoms with Crippen LogP contribution in [0.5, 0.6) is 0 Å². The molecule has 0 N–H and O–H groups in total. The van der Waals surface area contributed by atoms with E-state index in [1.54, 1.807) is 44.5 Å². The maximum atomic E-state index is 2.68. The predicted molar refractivity (Wildman–Crippen MR) is 310 cm³/mol. The average molecular weight is 936 g/mol. The Kier molecular flexibility index (Phi) is 18.3. The summed E-state index contributed by atoms with van der Waals surface area (Å²) in [6.07, 6.45) is 37.1. The molecule has 0 spiro atoms. The number of aryl methyl sites for hydroxylation is 2. The van der Waals surface area contributed by atoms with Gasteiger partial charge in [0.1, 0.15) is 0 Å². The number of fused-ring (bicyclic) bond motifs is 10. The monoisotopic (exact) mass is 935 g/mol. The molecule has 2 aliphatic rings. The molecule has 0 radical (unpaired) electrons. The van der Waals surface area contributed by atoms with E-state index < -0.39 is 0 Å². The lowest BCUT2D eigenvalue weighted by atomic mass is 9.67. The summed E-state index contributed by atoms with van der Waals surface area (Å²) in [6, 6.07) is 34.5. The minimum absolute atomic E-state index is 0.00255. The van der Waals surface area contributed by atoms with Crippen LogP contribution in [0.3, 0.4) is 0 Å². The third kappa shape index (κ3) is 10.4. The van der Waals surface area contributed by atoms with Gasteiger partial charge >= 0.3 is 0 Å². The Morgan fingerprint density at radius 1 is 0.314 bits per heavy atom. The molecule has 0 saturated carbocycles. The zero-order valence-electron chi connectivity index (χ0n) is 45.9. The van der Waals surface area contributed by atoms with E-state index in [9.17, 15) is 0 Å². The zero-order valence-corrected chi connectivity index (χ0v) is 45.9. The van der Waals surface area contributed by atoms with Crippen molar-refractivity contribution >= 4 is 21.5 Å². The van der Waals surface area contributed by atoms with E-state index in [1.165, 1.54) is 235 Å². The van der Waals surface area contributed by atoms with Gasteiger partial charge in [-0.2, -0.15) is 0 Å². The molecule has 70 heavy (non-hydrogen) atoms. The van der Waals surface area contributed by atoms with Crippen LogP contribution in [0.25, 0.3) is 54.9 Å². The van der Waals surface area contributed by atoms with E-state index >= 15 is 0 Å². The van der Waals surface area contributed by atoms with Crippen molar-refractivity contribution in [3.05, 3.63) is 129 Å². The van der Waals surface area contributed by atoms with Gasteiger partial charge in [-0.25, -0.2) is 0 Å². The third-order valence-electron chi connectivity index (χ3n) is 18.0. The highest BCUT2D eigenvalue weighted by atomic mass is 14.5. The molecule has 0 aromatic heterocycles. The average Bonchev–Trinajstić information content (AvgIpc) is 3.81. The molecule has 0 heterocycles. The van der Waals surface area contributed by atoms with Crippen LogP contribution in [0.15, 0.2) is 84.9 Å². The van der Waals surface area contributed by atoms with E-state index in [4.69, 9.17) is 0 Å². The largest absolute Gasteiger partial charge is 0.0654 e. The van der Waals surface area contributed by atoms with Gasteiger partial charge in [0.25, 0.3) is 0 Å². The first-order valence-electron chi connectivity index (χ1n) is 29.6. The van der Waals surface area contributed by atoms with Crippen LogP contribution in [-0.2, 0) is 10.8 Å². The second-order valence-corrected chi connectivity index (χ2v) is 22.9. The van der Waals surface area contributed by atoms with Gasteiger partial charge in [-0.05, 0) is 147 Å². The fourth-order valence-electron chi connectivity index (χ4n) is 14.5. The third-order valence-corrected chi connectivity index (χ3v) is 18.0. The molecular weight excluding hydrogens is 841 g/mol. The molecule has 6 aromatic carbocycles. The Balaban J connectivity index is 1.35. The van der Waals surface area contributed by atoms with Gasteiger partial charge in [-0.1, -0.05) is 272 Å². The summed E-state index contributed by atoms with van der Waals surface area (Å²) < 4.78 is 0. The summed E-state index contributed by atoms with van der Waals surface area (Å²) in [7, 11) is 0. The Bertz CT molecular complexity index is 2630. The molecule has 0 amide bonds. The molecule has 0 atom stereocenters. The van der Waals surface area contributed by atoms with Gasteiger partial charge in [0.15, 0.2) is 0 Å². The fourth-order valence-corrected chi connectivity index (χ4v) is 14.5. The summed E-state index contributed by atoms with van der Waals surface area (Å²) in [5.74, 6) is 0. The van der Waals surface area contributed by atoms with Crippen molar-refractivity contribution in [3.8, 4) is 33.4 Å². The predicted octanol–water partition coefficient (Wildman–Crippen LogP) is 22.4. The van der Waals surface area contributed by atoms with E-state index in [0.717, 1.165) is 0 Å². The van der Waals surface area contributed by atoms with Crippen LogP contribution in [0.1, 0.15) is 252 Å². The summed E-state index contributed by atoms with van der Waals surface area (Å²) >= 11 is 0. The summed E-state index contributed by atoms with van der Waals surface area (Å²) in [5.41, 5.74) is 21.7. The van der Waals surface area contributed by atoms with E-state index in [0.29, 0.717) is 0 Å². The topological polar surface area (TPSA) is 0 Å². The van der Waals surface area contributed by atoms with Gasteiger partial charge in [-0.15, -0.1) is 0 Å². The number of rotatable bonds is 29. The number of hydrogen-bond acceptors (Lipinski definition) is 0. The highest BCUT2D eigenvalue weighted by Crippen LogP contribution is 2.62. The summed E-state index contributed by atoms with van der Waals surface area (Å²) in [4.78, 5) is 0. The van der Waals surface area contributed by atoms with Crippen molar-refractivity contribution in [2.24, 2.45) is 0 Å². The van der Waals surface area contributed by atoms with E-state index in [2.05, 4.69) is 140 Å². The van der Waals surface area contributed by atoms with Crippen LogP contribution in [-0.4, -0.2) is 0 Å². The number of hydrogen-bond donors (Lipinski definition) is 0. The van der Waals surface area contributed by atoms with Crippen molar-refractivity contribution in [1.29, 1.82) is 0 Å². The van der Waals surface area contributed by atoms with Crippen LogP contribution in [0, 0.1) is 27.7 Å². The van der Waals surface area contributed by atoms with Gasteiger partial charge in [-0.3, -0.25) is 0 Å². The quantitative estimate of drug-likeness (QED) is 0.0411. The fraction of sp³-hybridized carbons (Fsp3) is 0.543. The second-order valence-electron chi connectivity index (χ2n) is 22.9. The number of unbranched alkanes of at least 4 members (excludes halogenated alkanes) is 20. The first-order valence-corrected chi connectivity index (χ1v) is 29.6. The van der Waals surface area contributed by atoms with Gasteiger partial charge < -0.3 is 0 Å². The van der Waals surface area contributed by atoms with Gasteiger partial charge in [0.2, 0.25) is 0 Å². The highest BCUT2D eigenvalue weighted by Gasteiger charge is 2.47. The molecule has 0 bridgehead atoms. The first kappa shape index (κ1) is 52.2. The molecule has 0 fully saturated rings. The number of benzene rings is 6. The molecule has 0 nitrogen and oxygen atoms in total. The molecule has 0 heteroatoms. The molecule has 0 aliphatic heterocycles. The van der Waals surface area contributed by atoms with Crippen molar-refractivity contribution in [2.75, 3.05) is 0 Å². The lowest BCUT2D eigenvalue weighted by molar-refractivity contribution is 0.396. The van der Waals surface area contributed by atoms with Crippen molar-refractivity contribution in [1.82, 2.24) is 0 Å².